The van der Waals surface area contributed by atoms with Gasteiger partial charge in [0.1, 0.15) is 17.3 Å². The van der Waals surface area contributed by atoms with Gasteiger partial charge in [0.15, 0.2) is 0 Å². The van der Waals surface area contributed by atoms with E-state index < -0.39 is 5.41 Å². The Bertz CT molecular complexity index is 1620. The molecule has 1 unspecified atom stereocenters. The number of aromatic nitrogens is 2. The minimum atomic E-state index is -0.615. The van der Waals surface area contributed by atoms with Gasteiger partial charge in [-0.2, -0.15) is 0 Å². The van der Waals surface area contributed by atoms with Crippen molar-refractivity contribution in [2.75, 3.05) is 22.1 Å². The van der Waals surface area contributed by atoms with Gasteiger partial charge in [-0.25, -0.2) is 9.37 Å². The van der Waals surface area contributed by atoms with Gasteiger partial charge in [0.25, 0.3) is 5.91 Å². The summed E-state index contributed by atoms with van der Waals surface area (Å²) in [5, 5.41) is 6.32. The van der Waals surface area contributed by atoms with Crippen LogP contribution in [0.1, 0.15) is 32.7 Å². The monoisotopic (exact) mass is 491 g/mol. The number of carbonyl (C=O) groups is 2. The molecule has 7 rings (SSSR count). The van der Waals surface area contributed by atoms with Crippen molar-refractivity contribution in [3.05, 3.63) is 107 Å². The standard InChI is InChI=1S/C29H22FN5O2/c30-20-4-6-25-17(12-20)8-11-35(25)27(36)24-14-22(7-10-31-24)33-21-5-3-18-15-29(16-19(18)13-21)23-2-1-9-32-26(23)34-28(29)37/h1-7,9-10,12-14H,8,11,15-16H2,(H,31,33)(H,32,34,37). The molecule has 2 aromatic carbocycles. The summed E-state index contributed by atoms with van der Waals surface area (Å²) in [4.78, 5) is 36.5. The summed E-state index contributed by atoms with van der Waals surface area (Å²) in [5.41, 5.74) is 6.07. The van der Waals surface area contributed by atoms with E-state index in [9.17, 15) is 14.0 Å². The number of hydrogen-bond donors (Lipinski definition) is 2. The first kappa shape index (κ1) is 21.7. The summed E-state index contributed by atoms with van der Waals surface area (Å²) < 4.78 is 13.6. The fourth-order valence-corrected chi connectivity index (χ4v) is 5.86. The first-order valence-electron chi connectivity index (χ1n) is 12.2. The van der Waals surface area contributed by atoms with Gasteiger partial charge in [0, 0.05) is 41.6 Å². The molecular weight excluding hydrogens is 469 g/mol. The van der Waals surface area contributed by atoms with Crippen LogP contribution in [-0.4, -0.2) is 28.3 Å². The molecule has 0 saturated heterocycles. The smallest absolute Gasteiger partial charge is 0.276 e. The second kappa shape index (κ2) is 7.96. The van der Waals surface area contributed by atoms with Crippen LogP contribution in [0.4, 0.5) is 27.3 Å². The maximum atomic E-state index is 13.6. The van der Waals surface area contributed by atoms with Crippen LogP contribution in [-0.2, 0) is 29.5 Å². The third kappa shape index (κ3) is 3.40. The lowest BCUT2D eigenvalue weighted by atomic mass is 9.79. The van der Waals surface area contributed by atoms with Crippen molar-refractivity contribution < 1.29 is 14.0 Å². The molecule has 182 valence electrons. The molecule has 3 aliphatic rings. The number of pyridine rings is 2. The molecule has 1 atom stereocenters. The summed E-state index contributed by atoms with van der Waals surface area (Å²) in [6, 6.07) is 18.0. The van der Waals surface area contributed by atoms with Gasteiger partial charge in [-0.05, 0) is 84.5 Å². The van der Waals surface area contributed by atoms with E-state index in [0.29, 0.717) is 37.3 Å². The molecule has 2 aliphatic heterocycles. The van der Waals surface area contributed by atoms with Crippen molar-refractivity contribution in [1.82, 2.24) is 9.97 Å². The van der Waals surface area contributed by atoms with Gasteiger partial charge < -0.3 is 15.5 Å². The zero-order valence-corrected chi connectivity index (χ0v) is 19.8. The molecule has 7 nitrogen and oxygen atoms in total. The van der Waals surface area contributed by atoms with Crippen molar-refractivity contribution in [2.24, 2.45) is 0 Å². The van der Waals surface area contributed by atoms with Gasteiger partial charge >= 0.3 is 0 Å². The lowest BCUT2D eigenvalue weighted by Crippen LogP contribution is -2.35. The lowest BCUT2D eigenvalue weighted by molar-refractivity contribution is -0.120. The molecule has 4 aromatic rings. The zero-order chi connectivity index (χ0) is 25.1. The number of hydrogen-bond acceptors (Lipinski definition) is 5. The molecule has 0 saturated carbocycles. The van der Waals surface area contributed by atoms with Crippen molar-refractivity contribution >= 4 is 34.7 Å². The predicted octanol–water partition coefficient (Wildman–Crippen LogP) is 4.55. The first-order valence-corrected chi connectivity index (χ1v) is 12.2. The Morgan fingerprint density at radius 2 is 1.81 bits per heavy atom. The number of benzene rings is 2. The molecule has 8 heteroatoms. The number of fused-ring (bicyclic) bond motifs is 4. The highest BCUT2D eigenvalue weighted by Gasteiger charge is 2.51. The van der Waals surface area contributed by atoms with Crippen LogP contribution in [0.15, 0.2) is 73.1 Å². The van der Waals surface area contributed by atoms with E-state index in [1.807, 2.05) is 24.3 Å². The Kier molecular flexibility index (Phi) is 4.66. The Labute approximate surface area is 212 Å². The number of halogens is 1. The van der Waals surface area contributed by atoms with Gasteiger partial charge in [0.2, 0.25) is 5.91 Å². The van der Waals surface area contributed by atoms with Crippen LogP contribution in [0, 0.1) is 5.82 Å². The highest BCUT2D eigenvalue weighted by Crippen LogP contribution is 2.47. The second-order valence-corrected chi connectivity index (χ2v) is 9.81. The van der Waals surface area contributed by atoms with Gasteiger partial charge in [-0.1, -0.05) is 12.1 Å². The molecule has 2 amide bonds. The number of nitrogens with one attached hydrogen (secondary N) is 2. The van der Waals surface area contributed by atoms with E-state index in [-0.39, 0.29) is 17.6 Å². The number of anilines is 4. The summed E-state index contributed by atoms with van der Waals surface area (Å²) in [7, 11) is 0. The largest absolute Gasteiger partial charge is 0.355 e. The van der Waals surface area contributed by atoms with Crippen molar-refractivity contribution in [1.29, 1.82) is 0 Å². The maximum absolute atomic E-state index is 13.6. The molecular formula is C29H22FN5O2. The summed E-state index contributed by atoms with van der Waals surface area (Å²) in [6.45, 7) is 0.496. The van der Waals surface area contributed by atoms with Crippen molar-refractivity contribution in [2.45, 2.75) is 24.7 Å². The minimum absolute atomic E-state index is 0.00424. The zero-order valence-electron chi connectivity index (χ0n) is 19.8. The number of nitrogens with zero attached hydrogens (tertiary/aromatic N) is 3. The molecule has 4 heterocycles. The number of amides is 2. The van der Waals surface area contributed by atoms with Crippen molar-refractivity contribution in [3.8, 4) is 0 Å². The van der Waals surface area contributed by atoms with E-state index in [2.05, 4.69) is 32.7 Å². The Balaban J connectivity index is 1.13. The highest BCUT2D eigenvalue weighted by molar-refractivity contribution is 6.07. The summed E-state index contributed by atoms with van der Waals surface area (Å²) in [5.74, 6) is 0.130. The Morgan fingerprint density at radius 1 is 0.946 bits per heavy atom. The third-order valence-electron chi connectivity index (χ3n) is 7.63. The van der Waals surface area contributed by atoms with Crippen LogP contribution in [0.25, 0.3) is 0 Å². The molecule has 0 radical (unpaired) electrons. The molecule has 37 heavy (non-hydrogen) atoms. The average molecular weight is 492 g/mol. The van der Waals surface area contributed by atoms with E-state index >= 15 is 0 Å². The molecule has 1 aliphatic carbocycles. The van der Waals surface area contributed by atoms with Crippen LogP contribution in [0.5, 0.6) is 0 Å². The van der Waals surface area contributed by atoms with E-state index in [0.717, 1.165) is 39.3 Å². The van der Waals surface area contributed by atoms with Crippen LogP contribution in [0.3, 0.4) is 0 Å². The van der Waals surface area contributed by atoms with Crippen molar-refractivity contribution in [3.63, 3.8) is 0 Å². The Hall–Kier alpha value is -4.59. The SMILES string of the molecule is O=C(c1cc(Nc2ccc3c(c2)CC2(C3)C(=O)Nc3ncccc32)ccn1)N1CCc2cc(F)ccc21. The normalized spacial score (nSPS) is 18.9. The Morgan fingerprint density at radius 3 is 2.73 bits per heavy atom. The topological polar surface area (TPSA) is 87.2 Å². The average Bonchev–Trinajstić information content (AvgIpc) is 3.57. The maximum Gasteiger partial charge on any atom is 0.276 e. The second-order valence-electron chi connectivity index (χ2n) is 9.81. The van der Waals surface area contributed by atoms with Crippen LogP contribution in [0.2, 0.25) is 0 Å². The lowest BCUT2D eigenvalue weighted by Gasteiger charge is -2.20. The van der Waals surface area contributed by atoms with E-state index in [1.54, 1.807) is 29.4 Å². The summed E-state index contributed by atoms with van der Waals surface area (Å²) in [6.07, 6.45) is 5.16. The first-order chi connectivity index (χ1) is 18.0. The predicted molar refractivity (Wildman–Crippen MR) is 138 cm³/mol. The molecule has 0 fully saturated rings. The molecule has 2 aromatic heterocycles. The highest BCUT2D eigenvalue weighted by atomic mass is 19.1. The van der Waals surface area contributed by atoms with E-state index in [1.165, 1.54) is 12.1 Å². The molecule has 1 spiro atoms. The van der Waals surface area contributed by atoms with E-state index in [4.69, 9.17) is 0 Å². The molecule has 2 N–H and O–H groups in total. The van der Waals surface area contributed by atoms with Gasteiger partial charge in [0.05, 0.1) is 5.41 Å². The fourth-order valence-electron chi connectivity index (χ4n) is 5.86. The van der Waals surface area contributed by atoms with Crippen LogP contribution >= 0.6 is 0 Å². The van der Waals surface area contributed by atoms with Gasteiger partial charge in [-0.15, -0.1) is 0 Å². The summed E-state index contributed by atoms with van der Waals surface area (Å²) >= 11 is 0. The molecule has 0 bridgehead atoms. The van der Waals surface area contributed by atoms with Crippen LogP contribution < -0.4 is 15.5 Å². The minimum Gasteiger partial charge on any atom is -0.355 e. The quantitative estimate of drug-likeness (QED) is 0.439. The third-order valence-corrected chi connectivity index (χ3v) is 7.63. The number of rotatable bonds is 3. The fraction of sp³-hybridized carbons (Fsp3) is 0.172. The number of carbonyl (C=O) groups excluding carboxylic acids is 2. The van der Waals surface area contributed by atoms with Gasteiger partial charge in [-0.3, -0.25) is 14.6 Å².